The molecule has 4 nitrogen and oxygen atoms in total. The van der Waals surface area contributed by atoms with E-state index in [1.807, 2.05) is 35.2 Å². The van der Waals surface area contributed by atoms with Crippen molar-refractivity contribution < 1.29 is 13.9 Å². The maximum atomic E-state index is 13.0. The minimum atomic E-state index is -0.215. The molecule has 0 aliphatic carbocycles. The van der Waals surface area contributed by atoms with Crippen LogP contribution in [-0.2, 0) is 6.54 Å². The van der Waals surface area contributed by atoms with Crippen molar-refractivity contribution in [1.29, 1.82) is 0 Å². The van der Waals surface area contributed by atoms with E-state index in [9.17, 15) is 9.18 Å². The Morgan fingerprint density at radius 1 is 1.08 bits per heavy atom. The summed E-state index contributed by atoms with van der Waals surface area (Å²) in [7, 11) is 1.60. The van der Waals surface area contributed by atoms with Gasteiger partial charge in [0.2, 0.25) is 0 Å². The van der Waals surface area contributed by atoms with Crippen molar-refractivity contribution in [3.63, 3.8) is 0 Å². The van der Waals surface area contributed by atoms with E-state index < -0.39 is 0 Å². The SMILES string of the molecule is COc1cccc(C(=O)N2CCN(Cc3ccc(F)cc3)CC2)c1. The molecular formula is C19H21FN2O2. The number of hydrogen-bond donors (Lipinski definition) is 0. The number of ether oxygens (including phenoxy) is 1. The fourth-order valence-corrected chi connectivity index (χ4v) is 2.90. The van der Waals surface area contributed by atoms with E-state index in [0.717, 1.165) is 25.2 Å². The lowest BCUT2D eigenvalue weighted by molar-refractivity contribution is 0.0628. The van der Waals surface area contributed by atoms with Crippen LogP contribution in [-0.4, -0.2) is 49.0 Å². The molecular weight excluding hydrogens is 307 g/mol. The Kier molecular flexibility index (Phi) is 5.11. The first kappa shape index (κ1) is 16.5. The summed E-state index contributed by atoms with van der Waals surface area (Å²) in [4.78, 5) is 16.7. The Morgan fingerprint density at radius 3 is 2.46 bits per heavy atom. The van der Waals surface area contributed by atoms with E-state index in [2.05, 4.69) is 4.90 Å². The molecule has 0 spiro atoms. The fraction of sp³-hybridized carbons (Fsp3) is 0.316. The van der Waals surface area contributed by atoms with Gasteiger partial charge in [-0.05, 0) is 35.9 Å². The number of rotatable bonds is 4. The summed E-state index contributed by atoms with van der Waals surface area (Å²) < 4.78 is 18.1. The second kappa shape index (κ2) is 7.45. The molecule has 126 valence electrons. The molecule has 0 unspecified atom stereocenters. The number of amides is 1. The predicted octanol–water partition coefficient (Wildman–Crippen LogP) is 2.79. The average Bonchev–Trinajstić information content (AvgIpc) is 2.64. The first-order chi connectivity index (χ1) is 11.7. The van der Waals surface area contributed by atoms with Gasteiger partial charge in [0.05, 0.1) is 7.11 Å². The topological polar surface area (TPSA) is 32.8 Å². The highest BCUT2D eigenvalue weighted by Gasteiger charge is 2.22. The number of carbonyl (C=O) groups is 1. The van der Waals surface area contributed by atoms with Crippen LogP contribution in [0.1, 0.15) is 15.9 Å². The van der Waals surface area contributed by atoms with Gasteiger partial charge in [-0.25, -0.2) is 4.39 Å². The zero-order valence-electron chi connectivity index (χ0n) is 13.7. The molecule has 5 heteroatoms. The van der Waals surface area contributed by atoms with E-state index in [4.69, 9.17) is 4.74 Å². The van der Waals surface area contributed by atoms with E-state index in [-0.39, 0.29) is 11.7 Å². The van der Waals surface area contributed by atoms with Gasteiger partial charge in [0, 0.05) is 38.3 Å². The van der Waals surface area contributed by atoms with Crippen LogP contribution in [0.15, 0.2) is 48.5 Å². The van der Waals surface area contributed by atoms with Gasteiger partial charge < -0.3 is 9.64 Å². The van der Waals surface area contributed by atoms with Crippen LogP contribution in [0.2, 0.25) is 0 Å². The molecule has 0 atom stereocenters. The number of carbonyl (C=O) groups excluding carboxylic acids is 1. The van der Waals surface area contributed by atoms with Crippen LogP contribution in [0.4, 0.5) is 4.39 Å². The standard InChI is InChI=1S/C19H21FN2O2/c1-24-18-4-2-3-16(13-18)19(23)22-11-9-21(10-12-22)14-15-5-7-17(20)8-6-15/h2-8,13H,9-12,14H2,1H3. The van der Waals surface area contributed by atoms with Gasteiger partial charge >= 0.3 is 0 Å². The van der Waals surface area contributed by atoms with Crippen molar-refractivity contribution in [3.05, 3.63) is 65.5 Å². The van der Waals surface area contributed by atoms with E-state index in [1.54, 1.807) is 13.2 Å². The quantitative estimate of drug-likeness (QED) is 0.865. The first-order valence-corrected chi connectivity index (χ1v) is 8.06. The largest absolute Gasteiger partial charge is 0.497 e. The van der Waals surface area contributed by atoms with Gasteiger partial charge in [-0.3, -0.25) is 9.69 Å². The highest BCUT2D eigenvalue weighted by molar-refractivity contribution is 5.94. The minimum absolute atomic E-state index is 0.0373. The highest BCUT2D eigenvalue weighted by Crippen LogP contribution is 2.16. The Hall–Kier alpha value is -2.40. The van der Waals surface area contributed by atoms with Crippen LogP contribution in [0.3, 0.4) is 0 Å². The summed E-state index contributed by atoms with van der Waals surface area (Å²) in [5.41, 5.74) is 1.74. The lowest BCUT2D eigenvalue weighted by Gasteiger charge is -2.34. The molecule has 3 rings (SSSR count). The van der Waals surface area contributed by atoms with Gasteiger partial charge in [0.25, 0.3) is 5.91 Å². The van der Waals surface area contributed by atoms with E-state index >= 15 is 0 Å². The van der Waals surface area contributed by atoms with Crippen LogP contribution >= 0.6 is 0 Å². The first-order valence-electron chi connectivity index (χ1n) is 8.06. The third-order valence-corrected chi connectivity index (χ3v) is 4.30. The normalized spacial score (nSPS) is 15.3. The van der Waals surface area contributed by atoms with Crippen LogP contribution in [0.5, 0.6) is 5.75 Å². The smallest absolute Gasteiger partial charge is 0.254 e. The second-order valence-electron chi connectivity index (χ2n) is 5.93. The second-order valence-corrected chi connectivity index (χ2v) is 5.93. The molecule has 0 radical (unpaired) electrons. The number of nitrogens with zero attached hydrogens (tertiary/aromatic N) is 2. The molecule has 1 amide bonds. The monoisotopic (exact) mass is 328 g/mol. The lowest BCUT2D eigenvalue weighted by Crippen LogP contribution is -2.48. The summed E-state index contributed by atoms with van der Waals surface area (Å²) in [6.45, 7) is 3.79. The molecule has 0 aromatic heterocycles. The number of benzene rings is 2. The zero-order valence-corrected chi connectivity index (χ0v) is 13.7. The predicted molar refractivity (Wildman–Crippen MR) is 90.6 cm³/mol. The summed E-state index contributed by atoms with van der Waals surface area (Å²) in [5, 5.41) is 0. The molecule has 1 heterocycles. The number of methoxy groups -OCH3 is 1. The fourth-order valence-electron chi connectivity index (χ4n) is 2.90. The third-order valence-electron chi connectivity index (χ3n) is 4.30. The summed E-state index contributed by atoms with van der Waals surface area (Å²) >= 11 is 0. The van der Waals surface area contributed by atoms with Gasteiger partial charge in [-0.2, -0.15) is 0 Å². The van der Waals surface area contributed by atoms with Gasteiger partial charge in [-0.15, -0.1) is 0 Å². The summed E-state index contributed by atoms with van der Waals surface area (Å²) in [6, 6.07) is 13.8. The van der Waals surface area contributed by atoms with E-state index in [0.29, 0.717) is 24.4 Å². The van der Waals surface area contributed by atoms with Crippen molar-refractivity contribution in [2.24, 2.45) is 0 Å². The Labute approximate surface area is 141 Å². The zero-order chi connectivity index (χ0) is 16.9. The van der Waals surface area contributed by atoms with Crippen molar-refractivity contribution in [1.82, 2.24) is 9.80 Å². The third kappa shape index (κ3) is 3.92. The Bertz CT molecular complexity index is 695. The van der Waals surface area contributed by atoms with Crippen molar-refractivity contribution >= 4 is 5.91 Å². The molecule has 1 saturated heterocycles. The van der Waals surface area contributed by atoms with Crippen molar-refractivity contribution in [3.8, 4) is 5.75 Å². The Balaban J connectivity index is 1.56. The maximum Gasteiger partial charge on any atom is 0.254 e. The molecule has 1 fully saturated rings. The number of piperazine rings is 1. The number of halogens is 1. The molecule has 0 saturated carbocycles. The highest BCUT2D eigenvalue weighted by atomic mass is 19.1. The molecule has 2 aromatic rings. The molecule has 2 aromatic carbocycles. The van der Waals surface area contributed by atoms with Crippen LogP contribution < -0.4 is 4.74 Å². The molecule has 0 N–H and O–H groups in total. The van der Waals surface area contributed by atoms with E-state index in [1.165, 1.54) is 12.1 Å². The summed E-state index contributed by atoms with van der Waals surface area (Å²) in [5.74, 6) is 0.513. The van der Waals surface area contributed by atoms with Crippen molar-refractivity contribution in [2.75, 3.05) is 33.3 Å². The van der Waals surface area contributed by atoms with Crippen molar-refractivity contribution in [2.45, 2.75) is 6.54 Å². The van der Waals surface area contributed by atoms with Crippen LogP contribution in [0, 0.1) is 5.82 Å². The minimum Gasteiger partial charge on any atom is -0.497 e. The number of hydrogen-bond acceptors (Lipinski definition) is 3. The lowest BCUT2D eigenvalue weighted by atomic mass is 10.1. The Morgan fingerprint density at radius 2 is 1.79 bits per heavy atom. The van der Waals surface area contributed by atoms with Gasteiger partial charge in [-0.1, -0.05) is 18.2 Å². The average molecular weight is 328 g/mol. The molecule has 1 aliphatic heterocycles. The molecule has 1 aliphatic rings. The van der Waals surface area contributed by atoms with Gasteiger partial charge in [0.15, 0.2) is 0 Å². The van der Waals surface area contributed by atoms with Crippen LogP contribution in [0.25, 0.3) is 0 Å². The molecule has 24 heavy (non-hydrogen) atoms. The summed E-state index contributed by atoms with van der Waals surface area (Å²) in [6.07, 6.45) is 0. The maximum absolute atomic E-state index is 13.0. The van der Waals surface area contributed by atoms with Gasteiger partial charge in [0.1, 0.15) is 11.6 Å². The molecule has 0 bridgehead atoms.